The van der Waals surface area contributed by atoms with Crippen molar-refractivity contribution in [3.05, 3.63) is 88.6 Å². The minimum absolute atomic E-state index is 0.0521. The van der Waals surface area contributed by atoms with Crippen molar-refractivity contribution in [2.45, 2.75) is 25.2 Å². The van der Waals surface area contributed by atoms with Crippen molar-refractivity contribution in [3.63, 3.8) is 0 Å². The monoisotopic (exact) mass is 530 g/mol. The lowest BCUT2D eigenvalue weighted by atomic mass is 10.1. The van der Waals surface area contributed by atoms with E-state index in [1.807, 2.05) is 47.5 Å². The summed E-state index contributed by atoms with van der Waals surface area (Å²) in [6.07, 6.45) is 2.58. The van der Waals surface area contributed by atoms with Gasteiger partial charge >= 0.3 is 6.18 Å². The lowest BCUT2D eigenvalue weighted by Gasteiger charge is -2.37. The smallest absolute Gasteiger partial charge is 0.369 e. The van der Waals surface area contributed by atoms with E-state index in [0.717, 1.165) is 62.5 Å². The van der Waals surface area contributed by atoms with Crippen molar-refractivity contribution in [2.24, 2.45) is 0 Å². The Morgan fingerprint density at radius 1 is 0.946 bits per heavy atom. The number of rotatable bonds is 5. The first-order valence-corrected chi connectivity index (χ1v) is 13.0. The largest absolute Gasteiger partial charge is 0.416 e. The number of anilines is 1. The number of hydrogen-bond acceptors (Lipinski definition) is 4. The molecule has 1 atom stereocenters. The van der Waals surface area contributed by atoms with Crippen LogP contribution in [-0.4, -0.2) is 72.5 Å². The van der Waals surface area contributed by atoms with E-state index in [1.165, 1.54) is 0 Å². The fourth-order valence-electron chi connectivity index (χ4n) is 5.24. The molecule has 0 spiro atoms. The molecular weight excluding hydrogens is 501 g/mol. The summed E-state index contributed by atoms with van der Waals surface area (Å²) < 4.78 is 38.5. The minimum Gasteiger partial charge on any atom is -0.369 e. The molecule has 196 valence electrons. The number of nitrogens with zero attached hydrogens (tertiary/aromatic N) is 4. The molecule has 37 heavy (non-hydrogen) atoms. The zero-order valence-electron chi connectivity index (χ0n) is 20.5. The Bertz CT molecular complexity index is 1160. The summed E-state index contributed by atoms with van der Waals surface area (Å²) in [7, 11) is 0. The van der Waals surface area contributed by atoms with Crippen molar-refractivity contribution >= 4 is 23.2 Å². The third kappa shape index (κ3) is 6.13. The maximum atomic E-state index is 13.3. The normalized spacial score (nSPS) is 20.9. The molecule has 1 unspecified atom stereocenters. The quantitative estimate of drug-likeness (QED) is 0.542. The molecule has 2 aromatic carbocycles. The van der Waals surface area contributed by atoms with E-state index >= 15 is 0 Å². The molecule has 0 saturated carbocycles. The first-order chi connectivity index (χ1) is 17.8. The molecule has 1 amide bonds. The highest BCUT2D eigenvalue weighted by Gasteiger charge is 2.31. The third-order valence-corrected chi connectivity index (χ3v) is 7.58. The molecule has 2 fully saturated rings. The summed E-state index contributed by atoms with van der Waals surface area (Å²) in [6.45, 7) is 5.92. The molecule has 0 aliphatic carbocycles. The van der Waals surface area contributed by atoms with Gasteiger partial charge in [0.1, 0.15) is 0 Å². The highest BCUT2D eigenvalue weighted by Crippen LogP contribution is 2.30. The van der Waals surface area contributed by atoms with Crippen LogP contribution in [0.1, 0.15) is 17.5 Å². The number of halogens is 4. The molecule has 5 nitrogen and oxygen atoms in total. The summed E-state index contributed by atoms with van der Waals surface area (Å²) in [4.78, 5) is 21.9. The second-order valence-corrected chi connectivity index (χ2v) is 10.2. The summed E-state index contributed by atoms with van der Waals surface area (Å²) in [5.74, 6) is 0.0521. The Morgan fingerprint density at radius 3 is 2.32 bits per heavy atom. The third-order valence-electron chi connectivity index (χ3n) is 7.33. The fraction of sp³-hybridized carbons (Fsp3) is 0.393. The van der Waals surface area contributed by atoms with Crippen molar-refractivity contribution < 1.29 is 18.0 Å². The second kappa shape index (κ2) is 10.8. The Hall–Kier alpha value is -2.97. The van der Waals surface area contributed by atoms with E-state index in [4.69, 9.17) is 11.6 Å². The number of likely N-dealkylation sites (tertiary alicyclic amines) is 1. The maximum Gasteiger partial charge on any atom is 0.416 e. The zero-order chi connectivity index (χ0) is 26.0. The number of piperazine rings is 1. The van der Waals surface area contributed by atoms with Gasteiger partial charge in [0.2, 0.25) is 0 Å². The van der Waals surface area contributed by atoms with Crippen molar-refractivity contribution in [3.8, 4) is 0 Å². The van der Waals surface area contributed by atoms with Crippen LogP contribution in [0.25, 0.3) is 0 Å². The molecule has 0 N–H and O–H groups in total. The molecular formula is C28H30ClF3N4O. The average molecular weight is 531 g/mol. The predicted molar refractivity (Wildman–Crippen MR) is 139 cm³/mol. The van der Waals surface area contributed by atoms with Gasteiger partial charge in [-0.1, -0.05) is 35.9 Å². The van der Waals surface area contributed by atoms with Crippen LogP contribution in [0.5, 0.6) is 0 Å². The van der Waals surface area contributed by atoms with E-state index in [-0.39, 0.29) is 11.9 Å². The van der Waals surface area contributed by atoms with E-state index in [2.05, 4.69) is 14.7 Å². The number of amides is 1. The van der Waals surface area contributed by atoms with Crippen molar-refractivity contribution in [1.82, 2.24) is 14.7 Å². The van der Waals surface area contributed by atoms with Gasteiger partial charge in [0.25, 0.3) is 5.91 Å². The van der Waals surface area contributed by atoms with Gasteiger partial charge in [-0.3, -0.25) is 9.69 Å². The molecule has 2 saturated heterocycles. The zero-order valence-corrected chi connectivity index (χ0v) is 21.3. The number of benzene rings is 2. The number of carbonyl (C=O) groups is 1. The van der Waals surface area contributed by atoms with Crippen molar-refractivity contribution in [2.75, 3.05) is 50.7 Å². The lowest BCUT2D eigenvalue weighted by molar-refractivity contribution is -0.137. The maximum absolute atomic E-state index is 13.3. The molecule has 2 aromatic rings. The standard InChI is InChI=1S/C28H30ClF3N4O/c29-24-7-9-25(10-8-24)34-14-16-35(17-15-34)27(37)22-2-1-12-36(19-22)26-11-13-33(20-26)18-21-3-5-23(6-4-21)28(30,31)32/h1-10,19,26H,11-18,20H2. The first kappa shape index (κ1) is 25.7. The number of carbonyl (C=O) groups excluding carboxylic acids is 1. The van der Waals surface area contributed by atoms with Gasteiger partial charge in [-0.05, 0) is 48.4 Å². The van der Waals surface area contributed by atoms with Crippen LogP contribution in [0.4, 0.5) is 18.9 Å². The Labute approximate surface area is 220 Å². The molecule has 0 aromatic heterocycles. The van der Waals surface area contributed by atoms with Crippen LogP contribution >= 0.6 is 11.6 Å². The molecule has 5 rings (SSSR count). The highest BCUT2D eigenvalue weighted by molar-refractivity contribution is 6.30. The van der Waals surface area contributed by atoms with Crippen LogP contribution in [0.2, 0.25) is 5.02 Å². The second-order valence-electron chi connectivity index (χ2n) is 9.81. The van der Waals surface area contributed by atoms with Crippen LogP contribution < -0.4 is 4.90 Å². The number of hydrogen-bond donors (Lipinski definition) is 0. The van der Waals surface area contributed by atoms with E-state index in [0.29, 0.717) is 30.2 Å². The average Bonchev–Trinajstić information content (AvgIpc) is 3.37. The van der Waals surface area contributed by atoms with Crippen LogP contribution in [-0.2, 0) is 17.5 Å². The topological polar surface area (TPSA) is 30.0 Å². The van der Waals surface area contributed by atoms with Gasteiger partial charge in [-0.2, -0.15) is 13.2 Å². The fourth-order valence-corrected chi connectivity index (χ4v) is 5.37. The van der Waals surface area contributed by atoms with Gasteiger partial charge in [-0.15, -0.1) is 0 Å². The lowest BCUT2D eigenvalue weighted by Crippen LogP contribution is -2.49. The van der Waals surface area contributed by atoms with Gasteiger partial charge in [0.15, 0.2) is 0 Å². The van der Waals surface area contributed by atoms with Crippen LogP contribution in [0, 0.1) is 0 Å². The molecule has 3 aliphatic heterocycles. The SMILES string of the molecule is O=C(C1=CN(C2CCN(Cc3ccc(C(F)(F)F)cc3)C2)CC=C1)N1CCN(c2ccc(Cl)cc2)CC1. The van der Waals surface area contributed by atoms with Crippen LogP contribution in [0.3, 0.4) is 0 Å². The Kier molecular flexibility index (Phi) is 7.49. The predicted octanol–water partition coefficient (Wildman–Crippen LogP) is 5.04. The minimum atomic E-state index is -4.31. The highest BCUT2D eigenvalue weighted by atomic mass is 35.5. The van der Waals surface area contributed by atoms with Crippen molar-refractivity contribution in [1.29, 1.82) is 0 Å². The van der Waals surface area contributed by atoms with Crippen LogP contribution in [0.15, 0.2) is 72.5 Å². The molecule has 0 radical (unpaired) electrons. The van der Waals surface area contributed by atoms with Gasteiger partial charge in [0.05, 0.1) is 11.1 Å². The van der Waals surface area contributed by atoms with Gasteiger partial charge < -0.3 is 14.7 Å². The summed E-state index contributed by atoms with van der Waals surface area (Å²) in [6, 6.07) is 13.5. The molecule has 0 bridgehead atoms. The molecule has 3 aliphatic rings. The summed E-state index contributed by atoms with van der Waals surface area (Å²) >= 11 is 6.00. The van der Waals surface area contributed by atoms with E-state index in [1.54, 1.807) is 12.1 Å². The molecule has 3 heterocycles. The Morgan fingerprint density at radius 2 is 1.65 bits per heavy atom. The Balaban J connectivity index is 1.14. The first-order valence-electron chi connectivity index (χ1n) is 12.6. The summed E-state index contributed by atoms with van der Waals surface area (Å²) in [5, 5.41) is 0.711. The molecule has 9 heteroatoms. The summed E-state index contributed by atoms with van der Waals surface area (Å²) in [5.41, 5.74) is 2.06. The van der Waals surface area contributed by atoms with E-state index < -0.39 is 11.7 Å². The number of alkyl halides is 3. The van der Waals surface area contributed by atoms with Gasteiger partial charge in [0, 0.05) is 75.3 Å². The van der Waals surface area contributed by atoms with Gasteiger partial charge in [-0.25, -0.2) is 0 Å². The van der Waals surface area contributed by atoms with E-state index in [9.17, 15) is 18.0 Å².